The van der Waals surface area contributed by atoms with Gasteiger partial charge in [0.2, 0.25) is 0 Å². The minimum absolute atomic E-state index is 0.124. The Bertz CT molecular complexity index is 739. The van der Waals surface area contributed by atoms with Crippen molar-refractivity contribution in [1.82, 2.24) is 5.16 Å². The Hall–Kier alpha value is -1.63. The first-order chi connectivity index (χ1) is 8.68. The van der Waals surface area contributed by atoms with Gasteiger partial charge in [0.05, 0.1) is 5.39 Å². The molecule has 0 radical (unpaired) electrons. The minimum atomic E-state index is -0.351. The van der Waals surface area contributed by atoms with Gasteiger partial charge in [-0.3, -0.25) is 0 Å². The summed E-state index contributed by atoms with van der Waals surface area (Å²) < 4.78 is 19.5. The van der Waals surface area contributed by atoms with E-state index >= 15 is 0 Å². The molecular weight excluding hydrogens is 348 g/mol. The van der Waals surface area contributed by atoms with Crippen molar-refractivity contribution in [2.75, 3.05) is 0 Å². The largest absolute Gasteiger partial charge is 0.507 e. The molecule has 3 aromatic rings. The zero-order valence-corrected chi connectivity index (χ0v) is 11.2. The quantitative estimate of drug-likeness (QED) is 0.673. The van der Waals surface area contributed by atoms with Crippen LogP contribution in [0.4, 0.5) is 4.39 Å². The second-order valence-electron chi connectivity index (χ2n) is 3.79. The van der Waals surface area contributed by atoms with Crippen LogP contribution in [0.5, 0.6) is 5.75 Å². The summed E-state index contributed by atoms with van der Waals surface area (Å²) in [5.74, 6) is -0.227. The van der Waals surface area contributed by atoms with Gasteiger partial charge in [0.1, 0.15) is 20.8 Å². The SMILES string of the molecule is Oc1ccc2c(-c3ccccc3F)noc2c1I. The number of nitrogens with zero attached hydrogens (tertiary/aromatic N) is 1. The first-order valence-electron chi connectivity index (χ1n) is 5.20. The zero-order valence-electron chi connectivity index (χ0n) is 9.02. The second-order valence-corrected chi connectivity index (χ2v) is 4.87. The maximum absolute atomic E-state index is 13.7. The van der Waals surface area contributed by atoms with E-state index in [0.717, 1.165) is 0 Å². The van der Waals surface area contributed by atoms with E-state index in [4.69, 9.17) is 4.52 Å². The predicted molar refractivity (Wildman–Crippen MR) is 73.8 cm³/mol. The molecule has 1 heterocycles. The third-order valence-corrected chi connectivity index (χ3v) is 3.73. The van der Waals surface area contributed by atoms with E-state index in [9.17, 15) is 9.50 Å². The molecule has 1 N–H and O–H groups in total. The fourth-order valence-electron chi connectivity index (χ4n) is 1.81. The molecule has 0 atom stereocenters. The van der Waals surface area contributed by atoms with Crippen molar-refractivity contribution < 1.29 is 14.0 Å². The third kappa shape index (κ3) is 1.66. The summed E-state index contributed by atoms with van der Waals surface area (Å²) in [6.07, 6.45) is 0. The molecular formula is C13H7FINO2. The molecule has 0 saturated heterocycles. The average molecular weight is 355 g/mol. The molecule has 0 spiro atoms. The lowest BCUT2D eigenvalue weighted by Crippen LogP contribution is -1.84. The number of hydrogen-bond acceptors (Lipinski definition) is 3. The van der Waals surface area contributed by atoms with E-state index in [0.29, 0.717) is 25.8 Å². The van der Waals surface area contributed by atoms with Crippen LogP contribution in [0.1, 0.15) is 0 Å². The van der Waals surface area contributed by atoms with E-state index in [1.165, 1.54) is 6.07 Å². The van der Waals surface area contributed by atoms with Gasteiger partial charge in [0.15, 0.2) is 5.58 Å². The number of aromatic hydroxyl groups is 1. The summed E-state index contributed by atoms with van der Waals surface area (Å²) in [5, 5.41) is 14.2. The highest BCUT2D eigenvalue weighted by Gasteiger charge is 2.17. The molecule has 1 aromatic heterocycles. The molecule has 2 aromatic carbocycles. The van der Waals surface area contributed by atoms with E-state index in [-0.39, 0.29) is 11.6 Å². The summed E-state index contributed by atoms with van der Waals surface area (Å²) in [5.41, 5.74) is 1.30. The average Bonchev–Trinajstić information content (AvgIpc) is 2.79. The van der Waals surface area contributed by atoms with Crippen molar-refractivity contribution in [2.45, 2.75) is 0 Å². The summed E-state index contributed by atoms with van der Waals surface area (Å²) in [6.45, 7) is 0. The van der Waals surface area contributed by atoms with Crippen LogP contribution in [-0.2, 0) is 0 Å². The molecule has 0 aliphatic carbocycles. The van der Waals surface area contributed by atoms with E-state index < -0.39 is 0 Å². The number of benzene rings is 2. The number of halogens is 2. The highest BCUT2D eigenvalue weighted by molar-refractivity contribution is 14.1. The molecule has 5 heteroatoms. The molecule has 0 amide bonds. The van der Waals surface area contributed by atoms with Crippen LogP contribution in [0.3, 0.4) is 0 Å². The standard InChI is InChI=1S/C13H7FINO2/c14-9-4-2-1-3-7(9)12-8-5-6-10(17)11(15)13(8)18-16-12/h1-6,17H. The highest BCUT2D eigenvalue weighted by Crippen LogP contribution is 2.35. The highest BCUT2D eigenvalue weighted by atomic mass is 127. The van der Waals surface area contributed by atoms with E-state index in [1.807, 2.05) is 22.6 Å². The van der Waals surface area contributed by atoms with Crippen molar-refractivity contribution in [2.24, 2.45) is 0 Å². The van der Waals surface area contributed by atoms with Gasteiger partial charge in [-0.25, -0.2) is 4.39 Å². The van der Waals surface area contributed by atoms with Crippen LogP contribution in [0.15, 0.2) is 40.9 Å². The molecule has 0 fully saturated rings. The van der Waals surface area contributed by atoms with Gasteiger partial charge in [0, 0.05) is 5.56 Å². The number of phenolic OH excluding ortho intramolecular Hbond substituents is 1. The summed E-state index contributed by atoms with van der Waals surface area (Å²) >= 11 is 1.97. The maximum atomic E-state index is 13.7. The molecule has 0 saturated carbocycles. The topological polar surface area (TPSA) is 46.3 Å². The van der Waals surface area contributed by atoms with Gasteiger partial charge in [0.25, 0.3) is 0 Å². The van der Waals surface area contributed by atoms with Crippen molar-refractivity contribution >= 4 is 33.6 Å². The van der Waals surface area contributed by atoms with Gasteiger partial charge in [-0.15, -0.1) is 0 Å². The van der Waals surface area contributed by atoms with Crippen molar-refractivity contribution in [1.29, 1.82) is 0 Å². The summed E-state index contributed by atoms with van der Waals surface area (Å²) in [7, 11) is 0. The Morgan fingerprint density at radius 3 is 2.72 bits per heavy atom. The lowest BCUT2D eigenvalue weighted by Gasteiger charge is -1.99. The predicted octanol–water partition coefficient (Wildman–Crippen LogP) is 3.94. The van der Waals surface area contributed by atoms with Crippen molar-refractivity contribution in [3.8, 4) is 17.0 Å². The molecule has 0 bridgehead atoms. The van der Waals surface area contributed by atoms with E-state index in [2.05, 4.69) is 5.16 Å². The molecule has 0 aliphatic heterocycles. The Kier molecular flexibility index (Phi) is 2.70. The van der Waals surface area contributed by atoms with Crippen molar-refractivity contribution in [3.05, 3.63) is 45.8 Å². The maximum Gasteiger partial charge on any atom is 0.184 e. The molecule has 3 rings (SSSR count). The Balaban J connectivity index is 2.32. The Labute approximate surface area is 115 Å². The van der Waals surface area contributed by atoms with Crippen molar-refractivity contribution in [3.63, 3.8) is 0 Å². The lowest BCUT2D eigenvalue weighted by atomic mass is 10.1. The Morgan fingerprint density at radius 2 is 1.94 bits per heavy atom. The van der Waals surface area contributed by atoms with Crippen LogP contribution in [-0.4, -0.2) is 10.3 Å². The summed E-state index contributed by atoms with van der Waals surface area (Å²) in [4.78, 5) is 0. The third-order valence-electron chi connectivity index (χ3n) is 2.69. The van der Waals surface area contributed by atoms with Gasteiger partial charge in [-0.1, -0.05) is 17.3 Å². The fraction of sp³-hybridized carbons (Fsp3) is 0. The molecule has 0 aliphatic rings. The smallest absolute Gasteiger partial charge is 0.184 e. The monoisotopic (exact) mass is 355 g/mol. The molecule has 90 valence electrons. The molecule has 18 heavy (non-hydrogen) atoms. The Morgan fingerprint density at radius 1 is 1.17 bits per heavy atom. The fourth-order valence-corrected chi connectivity index (χ4v) is 2.38. The van der Waals surface area contributed by atoms with Gasteiger partial charge < -0.3 is 9.63 Å². The first-order valence-corrected chi connectivity index (χ1v) is 6.28. The van der Waals surface area contributed by atoms with Gasteiger partial charge >= 0.3 is 0 Å². The zero-order chi connectivity index (χ0) is 12.7. The van der Waals surface area contributed by atoms with Crippen LogP contribution >= 0.6 is 22.6 Å². The number of rotatable bonds is 1. The lowest BCUT2D eigenvalue weighted by molar-refractivity contribution is 0.447. The van der Waals surface area contributed by atoms with E-state index in [1.54, 1.807) is 30.3 Å². The van der Waals surface area contributed by atoms with Crippen LogP contribution in [0.2, 0.25) is 0 Å². The first kappa shape index (κ1) is 11.5. The number of phenols is 1. The molecule has 0 unspecified atom stereocenters. The minimum Gasteiger partial charge on any atom is -0.507 e. The van der Waals surface area contributed by atoms with Gasteiger partial charge in [-0.2, -0.15) is 0 Å². The number of aromatic nitrogens is 1. The van der Waals surface area contributed by atoms with Crippen LogP contribution in [0.25, 0.3) is 22.2 Å². The number of fused-ring (bicyclic) bond motifs is 1. The second kappa shape index (κ2) is 4.24. The van der Waals surface area contributed by atoms with Crippen LogP contribution in [0, 0.1) is 9.39 Å². The molecule has 3 nitrogen and oxygen atoms in total. The summed E-state index contributed by atoms with van der Waals surface area (Å²) in [6, 6.07) is 9.60. The normalized spacial score (nSPS) is 11.0. The van der Waals surface area contributed by atoms with Gasteiger partial charge in [-0.05, 0) is 46.9 Å². The number of hydrogen-bond donors (Lipinski definition) is 1. The van der Waals surface area contributed by atoms with Crippen LogP contribution < -0.4 is 0 Å².